The predicted molar refractivity (Wildman–Crippen MR) is 438 cm³/mol. The van der Waals surface area contributed by atoms with Crippen molar-refractivity contribution < 1.29 is 28.5 Å². The molecule has 2 heterocycles. The van der Waals surface area contributed by atoms with Gasteiger partial charge in [-0.05, 0) is 145 Å². The molecule has 4 aliphatic rings. The molecule has 2 amide bonds. The average molecular weight is 1530 g/mol. The van der Waals surface area contributed by atoms with Crippen molar-refractivity contribution in [3.63, 3.8) is 0 Å². The first kappa shape index (κ1) is 83.7. The Labute approximate surface area is 638 Å². The number of carbonyl (C=O) groups excluding carboxylic acids is 2. The quantitative estimate of drug-likeness (QED) is 0.0324. The number of ether oxygens (including phenoxy) is 4. The molecule has 0 atom stereocenters. The highest BCUT2D eigenvalue weighted by atomic mass is 79.9. The summed E-state index contributed by atoms with van der Waals surface area (Å²) in [5.41, 5.74) is 14.0. The van der Waals surface area contributed by atoms with E-state index in [0.29, 0.717) is 49.0 Å². The number of rotatable bonds is 58. The minimum atomic E-state index is -0.716. The molecule has 0 saturated carbocycles. The predicted octanol–water partition coefficient (Wildman–Crippen LogP) is 27.6. The Hall–Kier alpha value is -3.90. The van der Waals surface area contributed by atoms with Gasteiger partial charge >= 0.3 is 0 Å². The van der Waals surface area contributed by atoms with Gasteiger partial charge in [0.25, 0.3) is 11.8 Å². The van der Waals surface area contributed by atoms with Crippen molar-refractivity contribution in [2.24, 2.45) is 0 Å². The van der Waals surface area contributed by atoms with Crippen molar-refractivity contribution >= 4 is 55.1 Å². The molecule has 10 heteroatoms. The Bertz CT molecular complexity index is 2950. The molecule has 0 saturated heterocycles. The van der Waals surface area contributed by atoms with Gasteiger partial charge in [-0.3, -0.25) is 9.59 Å². The van der Waals surface area contributed by atoms with E-state index < -0.39 is 12.6 Å². The van der Waals surface area contributed by atoms with Crippen LogP contribution in [0.1, 0.15) is 371 Å². The van der Waals surface area contributed by atoms with Crippen LogP contribution in [0.3, 0.4) is 0 Å². The number of carbonyl (C=O) groups is 2. The summed E-state index contributed by atoms with van der Waals surface area (Å²) in [5, 5.41) is 0. The largest absolute Gasteiger partial charge is 0.351 e. The number of hydrogen-bond acceptors (Lipinski definition) is 6. The van der Waals surface area contributed by atoms with E-state index in [1.165, 1.54) is 276 Å². The van der Waals surface area contributed by atoms with E-state index >= 15 is 9.59 Å². The molecule has 4 aromatic rings. The Morgan fingerprint density at radius 1 is 0.304 bits per heavy atom. The van der Waals surface area contributed by atoms with Gasteiger partial charge in [-0.1, -0.05) is 353 Å². The highest BCUT2D eigenvalue weighted by molar-refractivity contribution is 9.10. The third-order valence-electron chi connectivity index (χ3n) is 23.3. The molecule has 2 aliphatic carbocycles. The summed E-state index contributed by atoms with van der Waals surface area (Å²) in [7, 11) is 0. The van der Waals surface area contributed by atoms with Crippen molar-refractivity contribution in [2.75, 3.05) is 39.5 Å². The molecule has 0 radical (unpaired) electrons. The maximum absolute atomic E-state index is 16.6. The minimum Gasteiger partial charge on any atom is -0.351 e. The molecule has 0 unspecified atom stereocenters. The Kier molecular flexibility index (Phi) is 37.5. The van der Waals surface area contributed by atoms with Crippen LogP contribution in [0, 0.1) is 0 Å². The van der Waals surface area contributed by atoms with Gasteiger partial charge < -0.3 is 28.7 Å². The first-order valence-electron chi connectivity index (χ1n) is 42.5. The summed E-state index contributed by atoms with van der Waals surface area (Å²) in [6.45, 7) is 19.1. The number of unbranched alkanes of at least 4 members (excludes halogenated alkanes) is 36. The topological polar surface area (TPSA) is 77.5 Å². The number of nitrogens with zero attached hydrogens (tertiary/aromatic N) is 2. The minimum absolute atomic E-state index is 0.131. The van der Waals surface area contributed by atoms with Crippen molar-refractivity contribution in [1.82, 2.24) is 9.80 Å². The molecule has 8 nitrogen and oxygen atoms in total. The van der Waals surface area contributed by atoms with E-state index in [2.05, 4.69) is 132 Å². The van der Waals surface area contributed by atoms with Crippen LogP contribution in [0.25, 0.3) is 33.6 Å². The van der Waals surface area contributed by atoms with Gasteiger partial charge in [-0.2, -0.15) is 0 Å². The van der Waals surface area contributed by atoms with E-state index in [0.717, 1.165) is 71.4 Å². The van der Waals surface area contributed by atoms with Gasteiger partial charge in [0.05, 0.1) is 35.6 Å². The molecule has 566 valence electrons. The maximum Gasteiger partial charge on any atom is 0.261 e. The Balaban J connectivity index is 1.26. The highest BCUT2D eigenvalue weighted by Crippen LogP contribution is 2.59. The fourth-order valence-corrected chi connectivity index (χ4v) is 18.6. The van der Waals surface area contributed by atoms with Gasteiger partial charge in [0.1, 0.15) is 0 Å². The maximum atomic E-state index is 16.6. The van der Waals surface area contributed by atoms with Crippen LogP contribution in [0.2, 0.25) is 0 Å². The molecule has 0 bridgehead atoms. The second-order valence-corrected chi connectivity index (χ2v) is 32.6. The smallest absolute Gasteiger partial charge is 0.261 e. The van der Waals surface area contributed by atoms with Crippen LogP contribution in [-0.2, 0) is 39.4 Å². The van der Waals surface area contributed by atoms with Crippen LogP contribution in [0.4, 0.5) is 0 Å². The van der Waals surface area contributed by atoms with Gasteiger partial charge in [-0.15, -0.1) is 0 Å². The van der Waals surface area contributed by atoms with Gasteiger partial charge in [-0.25, -0.2) is 0 Å². The number of benzene rings is 4. The van der Waals surface area contributed by atoms with E-state index in [4.69, 9.17) is 18.9 Å². The van der Waals surface area contributed by atoms with Crippen LogP contribution in [-0.4, -0.2) is 73.7 Å². The summed E-state index contributed by atoms with van der Waals surface area (Å²) in [5.74, 6) is -0.409. The second-order valence-electron chi connectivity index (χ2n) is 30.8. The van der Waals surface area contributed by atoms with Crippen molar-refractivity contribution in [1.29, 1.82) is 0 Å². The molecule has 0 spiro atoms. The summed E-state index contributed by atoms with van der Waals surface area (Å²) in [4.78, 5) is 36.9. The summed E-state index contributed by atoms with van der Waals surface area (Å²) >= 11 is 8.02. The SMILES string of the molecule is CCCCCCCCCCCCC1(CCCCCCCCCCCC)c2cc(Br)ccc2-c2ccc(C3=C4C(=O)N(CC(OCC)OCC)C(c5ccc6c(c5)C(CCCCCCCCCCCC)(CCCCCCCCCCCC)c5cc(Br)ccc5-6)=C4C(=O)N3CC(OCC)OCC)cc21. The molecule has 0 N–H and O–H groups in total. The lowest BCUT2D eigenvalue weighted by Gasteiger charge is -2.34. The zero-order valence-electron chi connectivity index (χ0n) is 65.5. The van der Waals surface area contributed by atoms with Gasteiger partial charge in [0.15, 0.2) is 12.6 Å². The van der Waals surface area contributed by atoms with E-state index in [1.54, 1.807) is 0 Å². The average Bonchev–Trinajstić information content (AvgIpc) is 1.54. The molecule has 0 aromatic heterocycles. The van der Waals surface area contributed by atoms with E-state index in [-0.39, 0.29) is 35.7 Å². The fraction of sp³-hybridized carbons (Fsp3) is 0.674. The third kappa shape index (κ3) is 22.6. The van der Waals surface area contributed by atoms with Crippen LogP contribution in [0.15, 0.2) is 92.9 Å². The zero-order chi connectivity index (χ0) is 72.4. The Morgan fingerprint density at radius 3 is 0.775 bits per heavy atom. The van der Waals surface area contributed by atoms with Crippen LogP contribution in [0.5, 0.6) is 0 Å². The fourth-order valence-electron chi connectivity index (χ4n) is 17.9. The van der Waals surface area contributed by atoms with Crippen molar-refractivity contribution in [2.45, 2.75) is 361 Å². The summed E-state index contributed by atoms with van der Waals surface area (Å²) in [6.07, 6.45) is 54.3. The standard InChI is InChI=1S/C92H138Br2N2O6/c1-9-17-21-25-29-33-37-41-45-49-61-91(62-50-46-42-38-34-30-26-22-18-10-2)79-65-71(53-57-75(79)77-59-55-73(93)67-81(77)91)87-85-86(90(98)95(87)69-83(99-13-5)100-14-6)88(96(89(85)97)70-84(101-15-7)102-16-8)72-54-58-76-78-60-56-74(94)68-82(78)92(80(76)66-72,63-51-47-43-39-35-31-27-23-19-11-3)64-52-48-44-40-36-32-28-24-20-12-4/h53-60,65-68,83-84H,9-52,61-64,69-70H2,1-8H3. The molecule has 2 aliphatic heterocycles. The number of amides is 2. The lowest BCUT2D eigenvalue weighted by Crippen LogP contribution is -2.39. The molecule has 102 heavy (non-hydrogen) atoms. The van der Waals surface area contributed by atoms with Gasteiger partial charge in [0, 0.05) is 46.2 Å². The number of fused-ring (bicyclic) bond motifs is 7. The number of halogens is 2. The lowest BCUT2D eigenvalue weighted by molar-refractivity contribution is -0.151. The second kappa shape index (κ2) is 45.7. The van der Waals surface area contributed by atoms with Crippen molar-refractivity contribution in [3.8, 4) is 22.3 Å². The summed E-state index contributed by atoms with van der Waals surface area (Å²) in [6, 6.07) is 27.9. The van der Waals surface area contributed by atoms with Crippen molar-refractivity contribution in [3.05, 3.63) is 126 Å². The van der Waals surface area contributed by atoms with Crippen LogP contribution < -0.4 is 0 Å². The van der Waals surface area contributed by atoms with E-state index in [9.17, 15) is 0 Å². The molecular formula is C92H138Br2N2O6. The first-order chi connectivity index (χ1) is 50.0. The summed E-state index contributed by atoms with van der Waals surface area (Å²) < 4.78 is 27.8. The molecule has 0 fully saturated rings. The lowest BCUT2D eigenvalue weighted by atomic mass is 9.70. The third-order valence-corrected chi connectivity index (χ3v) is 24.3. The monoisotopic (exact) mass is 1520 g/mol. The molecule has 4 aromatic carbocycles. The normalized spacial score (nSPS) is 15.0. The Morgan fingerprint density at radius 2 is 0.529 bits per heavy atom. The highest BCUT2D eigenvalue weighted by Gasteiger charge is 2.52. The van der Waals surface area contributed by atoms with Gasteiger partial charge in [0.2, 0.25) is 0 Å². The first-order valence-corrected chi connectivity index (χ1v) is 44.1. The van der Waals surface area contributed by atoms with Crippen LogP contribution >= 0.6 is 31.9 Å². The number of hydrogen-bond donors (Lipinski definition) is 0. The molecule has 8 rings (SSSR count). The molecular weight excluding hydrogens is 1390 g/mol. The zero-order valence-corrected chi connectivity index (χ0v) is 68.7. The van der Waals surface area contributed by atoms with E-state index in [1.807, 2.05) is 37.5 Å².